The molecule has 1 aromatic carbocycles. The lowest BCUT2D eigenvalue weighted by molar-refractivity contribution is 0.0692. The molecule has 2 aromatic rings. The van der Waals surface area contributed by atoms with Crippen molar-refractivity contribution in [1.82, 2.24) is 10.2 Å². The van der Waals surface area contributed by atoms with Crippen LogP contribution in [0.1, 0.15) is 27.2 Å². The summed E-state index contributed by atoms with van der Waals surface area (Å²) in [4.78, 5) is 11.3. The zero-order chi connectivity index (χ0) is 14.0. The Kier molecular flexibility index (Phi) is 3.46. The zero-order valence-corrected chi connectivity index (χ0v) is 11.0. The van der Waals surface area contributed by atoms with Gasteiger partial charge in [-0.05, 0) is 38.5 Å². The number of hydrogen-bond donors (Lipinski definition) is 1. The molecule has 98 valence electrons. The summed E-state index contributed by atoms with van der Waals surface area (Å²) in [6.45, 7) is 5.36. The fraction of sp³-hybridized carbons (Fsp3) is 0.214. The zero-order valence-electron chi connectivity index (χ0n) is 11.0. The summed E-state index contributed by atoms with van der Waals surface area (Å²) in [5.41, 5.74) is 2.28. The monoisotopic (exact) mass is 258 g/mol. The molecule has 0 saturated heterocycles. The Morgan fingerprint density at radius 3 is 2.32 bits per heavy atom. The van der Waals surface area contributed by atoms with Gasteiger partial charge in [-0.2, -0.15) is 5.10 Å². The van der Waals surface area contributed by atoms with Gasteiger partial charge in [0.1, 0.15) is 11.3 Å². The number of ether oxygens (including phenoxy) is 1. The maximum Gasteiger partial charge on any atom is 0.341 e. The fourth-order valence-corrected chi connectivity index (χ4v) is 1.63. The molecule has 0 aliphatic carbocycles. The van der Waals surface area contributed by atoms with Crippen LogP contribution in [0.3, 0.4) is 0 Å². The van der Waals surface area contributed by atoms with Crippen LogP contribution in [-0.4, -0.2) is 21.3 Å². The van der Waals surface area contributed by atoms with Gasteiger partial charge in [-0.15, -0.1) is 5.10 Å². The van der Waals surface area contributed by atoms with Crippen LogP contribution in [0.4, 0.5) is 0 Å². The topological polar surface area (TPSA) is 72.3 Å². The molecule has 0 radical (unpaired) electrons. The van der Waals surface area contributed by atoms with Crippen LogP contribution in [0.5, 0.6) is 11.6 Å². The van der Waals surface area contributed by atoms with Crippen molar-refractivity contribution >= 4 is 5.97 Å². The summed E-state index contributed by atoms with van der Waals surface area (Å²) in [6.07, 6.45) is 0. The van der Waals surface area contributed by atoms with Gasteiger partial charge in [0.2, 0.25) is 0 Å². The minimum atomic E-state index is -1.07. The smallest absolute Gasteiger partial charge is 0.341 e. The molecule has 5 nitrogen and oxygen atoms in total. The number of aromatic nitrogens is 2. The first kappa shape index (κ1) is 13.0. The Morgan fingerprint density at radius 2 is 1.74 bits per heavy atom. The highest BCUT2D eigenvalue weighted by Gasteiger charge is 2.19. The number of hydrogen-bond acceptors (Lipinski definition) is 4. The highest BCUT2D eigenvalue weighted by atomic mass is 16.5. The third-order valence-corrected chi connectivity index (χ3v) is 2.87. The van der Waals surface area contributed by atoms with Crippen molar-refractivity contribution in [3.63, 3.8) is 0 Å². The minimum Gasteiger partial charge on any atom is -0.477 e. The molecular formula is C14H14N2O3. The SMILES string of the molecule is Cc1ccc(Oc2nnc(C)c(C)c2C(=O)O)cc1. The molecule has 0 spiro atoms. The second-order valence-corrected chi connectivity index (χ2v) is 4.31. The van der Waals surface area contributed by atoms with Crippen molar-refractivity contribution in [1.29, 1.82) is 0 Å². The van der Waals surface area contributed by atoms with Crippen molar-refractivity contribution in [3.05, 3.63) is 46.6 Å². The van der Waals surface area contributed by atoms with E-state index in [2.05, 4.69) is 10.2 Å². The lowest BCUT2D eigenvalue weighted by Crippen LogP contribution is -2.08. The van der Waals surface area contributed by atoms with E-state index in [4.69, 9.17) is 4.74 Å². The van der Waals surface area contributed by atoms with Gasteiger partial charge in [-0.25, -0.2) is 4.79 Å². The highest BCUT2D eigenvalue weighted by Crippen LogP contribution is 2.26. The second-order valence-electron chi connectivity index (χ2n) is 4.31. The summed E-state index contributed by atoms with van der Waals surface area (Å²) >= 11 is 0. The van der Waals surface area contributed by atoms with E-state index in [9.17, 15) is 9.90 Å². The van der Waals surface area contributed by atoms with Gasteiger partial charge in [0.15, 0.2) is 0 Å². The number of nitrogens with zero attached hydrogens (tertiary/aromatic N) is 2. The molecule has 1 N–H and O–H groups in total. The Balaban J connectivity index is 2.42. The first-order chi connectivity index (χ1) is 8.99. The summed E-state index contributed by atoms with van der Waals surface area (Å²) in [6, 6.07) is 7.28. The molecule has 0 fully saturated rings. The summed E-state index contributed by atoms with van der Waals surface area (Å²) in [5, 5.41) is 17.0. The maximum atomic E-state index is 11.3. The molecule has 1 heterocycles. The van der Waals surface area contributed by atoms with Crippen LogP contribution in [0, 0.1) is 20.8 Å². The van der Waals surface area contributed by atoms with Crippen LogP contribution < -0.4 is 4.74 Å². The third kappa shape index (κ3) is 2.70. The highest BCUT2D eigenvalue weighted by molar-refractivity contribution is 5.92. The molecule has 1 aromatic heterocycles. The number of aryl methyl sites for hydroxylation is 2. The van der Waals surface area contributed by atoms with E-state index in [1.807, 2.05) is 19.1 Å². The first-order valence-corrected chi connectivity index (χ1v) is 5.80. The summed E-state index contributed by atoms with van der Waals surface area (Å²) < 4.78 is 5.51. The lowest BCUT2D eigenvalue weighted by Gasteiger charge is -2.10. The van der Waals surface area contributed by atoms with Crippen LogP contribution >= 0.6 is 0 Å². The predicted molar refractivity (Wildman–Crippen MR) is 69.7 cm³/mol. The van der Waals surface area contributed by atoms with E-state index in [1.54, 1.807) is 26.0 Å². The van der Waals surface area contributed by atoms with Crippen LogP contribution in [-0.2, 0) is 0 Å². The molecule has 0 bridgehead atoms. The fourth-order valence-electron chi connectivity index (χ4n) is 1.63. The number of carboxylic acids is 1. The Hall–Kier alpha value is -2.43. The Bertz CT molecular complexity index is 621. The number of carbonyl (C=O) groups is 1. The lowest BCUT2D eigenvalue weighted by atomic mass is 10.1. The molecule has 0 unspecified atom stereocenters. The van der Waals surface area contributed by atoms with Gasteiger partial charge in [0.25, 0.3) is 5.88 Å². The molecule has 19 heavy (non-hydrogen) atoms. The molecule has 0 atom stereocenters. The average molecular weight is 258 g/mol. The number of rotatable bonds is 3. The van der Waals surface area contributed by atoms with E-state index >= 15 is 0 Å². The van der Waals surface area contributed by atoms with Crippen molar-refractivity contribution in [2.75, 3.05) is 0 Å². The van der Waals surface area contributed by atoms with E-state index in [0.717, 1.165) is 5.56 Å². The Morgan fingerprint density at radius 1 is 1.11 bits per heavy atom. The van der Waals surface area contributed by atoms with Crippen molar-refractivity contribution < 1.29 is 14.6 Å². The minimum absolute atomic E-state index is 0.0134. The van der Waals surface area contributed by atoms with Crippen molar-refractivity contribution in [2.24, 2.45) is 0 Å². The molecule has 2 rings (SSSR count). The van der Waals surface area contributed by atoms with E-state index in [1.165, 1.54) is 0 Å². The number of carboxylic acid groups (broad SMARTS) is 1. The number of aromatic carboxylic acids is 1. The van der Waals surface area contributed by atoms with E-state index < -0.39 is 5.97 Å². The van der Waals surface area contributed by atoms with Gasteiger partial charge in [0, 0.05) is 0 Å². The molecule has 5 heteroatoms. The third-order valence-electron chi connectivity index (χ3n) is 2.87. The van der Waals surface area contributed by atoms with Gasteiger partial charge in [0.05, 0.1) is 5.69 Å². The van der Waals surface area contributed by atoms with Gasteiger partial charge in [-0.3, -0.25) is 0 Å². The predicted octanol–water partition coefficient (Wildman–Crippen LogP) is 2.89. The van der Waals surface area contributed by atoms with Gasteiger partial charge < -0.3 is 9.84 Å². The molecule has 0 amide bonds. The Labute approximate surface area is 110 Å². The van der Waals surface area contributed by atoms with Crippen molar-refractivity contribution in [2.45, 2.75) is 20.8 Å². The standard InChI is InChI=1S/C14H14N2O3/c1-8-4-6-11(7-5-8)19-13-12(14(17)18)9(2)10(3)15-16-13/h4-7H,1-3H3,(H,17,18). The quantitative estimate of drug-likeness (QED) is 0.916. The van der Waals surface area contributed by atoms with E-state index in [0.29, 0.717) is 17.0 Å². The molecule has 0 aliphatic heterocycles. The molecule has 0 saturated carbocycles. The largest absolute Gasteiger partial charge is 0.477 e. The second kappa shape index (κ2) is 5.06. The van der Waals surface area contributed by atoms with Crippen LogP contribution in [0.2, 0.25) is 0 Å². The first-order valence-electron chi connectivity index (χ1n) is 5.80. The average Bonchev–Trinajstić information content (AvgIpc) is 2.36. The molecular weight excluding hydrogens is 244 g/mol. The summed E-state index contributed by atoms with van der Waals surface area (Å²) in [5.74, 6) is -0.525. The molecule has 0 aliphatic rings. The maximum absolute atomic E-state index is 11.3. The van der Waals surface area contributed by atoms with E-state index in [-0.39, 0.29) is 11.4 Å². The van der Waals surface area contributed by atoms with Crippen molar-refractivity contribution in [3.8, 4) is 11.6 Å². The van der Waals surface area contributed by atoms with Crippen LogP contribution in [0.25, 0.3) is 0 Å². The number of benzene rings is 1. The van der Waals surface area contributed by atoms with Gasteiger partial charge in [-0.1, -0.05) is 17.7 Å². The summed E-state index contributed by atoms with van der Waals surface area (Å²) in [7, 11) is 0. The van der Waals surface area contributed by atoms with Crippen LogP contribution in [0.15, 0.2) is 24.3 Å². The normalized spacial score (nSPS) is 10.3. The van der Waals surface area contributed by atoms with Gasteiger partial charge >= 0.3 is 5.97 Å².